The lowest BCUT2D eigenvalue weighted by molar-refractivity contribution is 0.425. The first kappa shape index (κ1) is 10.2. The van der Waals surface area contributed by atoms with Crippen molar-refractivity contribution in [3.05, 3.63) is 35.8 Å². The van der Waals surface area contributed by atoms with Crippen molar-refractivity contribution in [2.75, 3.05) is 0 Å². The van der Waals surface area contributed by atoms with Crippen LogP contribution in [-0.2, 0) is 0 Å². The van der Waals surface area contributed by atoms with Crippen LogP contribution in [0.15, 0.2) is 35.1 Å². The molecule has 0 aliphatic carbocycles. The van der Waals surface area contributed by atoms with Crippen molar-refractivity contribution >= 4 is 24.2 Å². The van der Waals surface area contributed by atoms with Crippen LogP contribution >= 0.6 is 11.6 Å². The molecule has 0 fully saturated rings. The third-order valence-electron chi connectivity index (χ3n) is 1.94. The molecule has 2 rings (SSSR count). The summed E-state index contributed by atoms with van der Waals surface area (Å²) < 4.78 is 5.15. The molecule has 15 heavy (non-hydrogen) atoms. The highest BCUT2D eigenvalue weighted by Gasteiger charge is 2.15. The Morgan fingerprint density at radius 2 is 2.20 bits per heavy atom. The lowest BCUT2D eigenvalue weighted by atomic mass is 9.81. The second-order valence-corrected chi connectivity index (χ2v) is 3.32. The van der Waals surface area contributed by atoms with Crippen molar-refractivity contribution in [2.45, 2.75) is 0 Å². The number of aromatic nitrogens is 1. The summed E-state index contributed by atoms with van der Waals surface area (Å²) in [7, 11) is -1.57. The van der Waals surface area contributed by atoms with Gasteiger partial charge < -0.3 is 14.5 Å². The lowest BCUT2D eigenvalue weighted by Crippen LogP contribution is -2.30. The summed E-state index contributed by atoms with van der Waals surface area (Å²) in [5.74, 6) is 0.537. The summed E-state index contributed by atoms with van der Waals surface area (Å²) in [4.78, 5) is 3.84. The molecule has 2 aromatic rings. The Morgan fingerprint density at radius 1 is 1.40 bits per heavy atom. The van der Waals surface area contributed by atoms with Crippen LogP contribution in [0.3, 0.4) is 0 Å². The highest BCUT2D eigenvalue weighted by Crippen LogP contribution is 2.25. The van der Waals surface area contributed by atoms with Gasteiger partial charge in [0.05, 0.1) is 11.8 Å². The molecule has 0 atom stereocenters. The Balaban J connectivity index is 2.51. The summed E-state index contributed by atoms with van der Waals surface area (Å²) in [6.07, 6.45) is 2.81. The zero-order chi connectivity index (χ0) is 10.8. The molecule has 0 saturated heterocycles. The number of furan rings is 1. The second-order valence-electron chi connectivity index (χ2n) is 2.96. The average molecular weight is 223 g/mol. The molecule has 6 heteroatoms. The van der Waals surface area contributed by atoms with Crippen LogP contribution in [0.5, 0.6) is 0 Å². The smallest absolute Gasteiger partial charge is 0.464 e. The van der Waals surface area contributed by atoms with Crippen molar-refractivity contribution < 1.29 is 14.5 Å². The van der Waals surface area contributed by atoms with E-state index in [1.165, 1.54) is 18.5 Å². The predicted octanol–water partition coefficient (Wildman–Crippen LogP) is 0.675. The minimum atomic E-state index is -1.57. The molecule has 0 aromatic carbocycles. The number of hydrogen-bond acceptors (Lipinski definition) is 4. The van der Waals surface area contributed by atoms with E-state index in [2.05, 4.69) is 4.98 Å². The molecule has 0 aliphatic rings. The fourth-order valence-corrected chi connectivity index (χ4v) is 1.41. The van der Waals surface area contributed by atoms with Gasteiger partial charge in [0.1, 0.15) is 10.9 Å². The van der Waals surface area contributed by atoms with Crippen molar-refractivity contribution in [1.29, 1.82) is 0 Å². The quantitative estimate of drug-likeness (QED) is 0.580. The molecular formula is C9H7BClNO3. The van der Waals surface area contributed by atoms with Crippen molar-refractivity contribution in [3.8, 4) is 11.3 Å². The second kappa shape index (κ2) is 4.06. The third kappa shape index (κ3) is 2.04. The minimum absolute atomic E-state index is 0.259. The van der Waals surface area contributed by atoms with E-state index in [9.17, 15) is 0 Å². The van der Waals surface area contributed by atoms with Gasteiger partial charge in [0, 0.05) is 11.7 Å². The van der Waals surface area contributed by atoms with E-state index >= 15 is 0 Å². The van der Waals surface area contributed by atoms with Gasteiger partial charge in [-0.2, -0.15) is 0 Å². The van der Waals surface area contributed by atoms with E-state index in [0.29, 0.717) is 11.3 Å². The Bertz CT molecular complexity index is 458. The van der Waals surface area contributed by atoms with Crippen LogP contribution in [0.2, 0.25) is 5.15 Å². The molecule has 0 amide bonds. The molecule has 0 aliphatic heterocycles. The largest absolute Gasteiger partial charge is 0.490 e. The number of pyridine rings is 1. The van der Waals surface area contributed by atoms with Gasteiger partial charge in [-0.3, -0.25) is 0 Å². The lowest BCUT2D eigenvalue weighted by Gasteiger charge is -2.03. The van der Waals surface area contributed by atoms with Gasteiger partial charge >= 0.3 is 7.12 Å². The monoisotopic (exact) mass is 223 g/mol. The van der Waals surface area contributed by atoms with Crippen LogP contribution < -0.4 is 5.46 Å². The fraction of sp³-hybridized carbons (Fsp3) is 0. The molecule has 2 aromatic heterocycles. The van der Waals surface area contributed by atoms with Crippen LogP contribution in [0.1, 0.15) is 0 Å². The molecule has 0 bridgehead atoms. The van der Waals surface area contributed by atoms with Crippen molar-refractivity contribution in [3.63, 3.8) is 0 Å². The normalized spacial score (nSPS) is 10.3. The molecule has 0 spiro atoms. The highest BCUT2D eigenvalue weighted by atomic mass is 35.5. The van der Waals surface area contributed by atoms with E-state index in [1.807, 2.05) is 0 Å². The van der Waals surface area contributed by atoms with Gasteiger partial charge in [0.15, 0.2) is 0 Å². The Labute approximate surface area is 91.3 Å². The molecule has 2 N–H and O–H groups in total. The van der Waals surface area contributed by atoms with E-state index in [1.54, 1.807) is 12.1 Å². The van der Waals surface area contributed by atoms with Crippen LogP contribution in [0.25, 0.3) is 11.3 Å². The molecule has 2 heterocycles. The first-order valence-electron chi connectivity index (χ1n) is 4.24. The van der Waals surface area contributed by atoms with E-state index in [-0.39, 0.29) is 10.6 Å². The summed E-state index contributed by atoms with van der Waals surface area (Å²) >= 11 is 5.86. The Morgan fingerprint density at radius 3 is 2.80 bits per heavy atom. The topological polar surface area (TPSA) is 66.5 Å². The first-order valence-corrected chi connectivity index (χ1v) is 4.62. The first-order chi connectivity index (χ1) is 7.18. The molecule has 4 nitrogen and oxygen atoms in total. The van der Waals surface area contributed by atoms with Crippen molar-refractivity contribution in [1.82, 2.24) is 4.98 Å². The fourth-order valence-electron chi connectivity index (χ4n) is 1.21. The summed E-state index contributed by atoms with van der Waals surface area (Å²) in [6, 6.07) is 4.96. The van der Waals surface area contributed by atoms with Crippen LogP contribution in [-0.4, -0.2) is 22.2 Å². The van der Waals surface area contributed by atoms with Crippen LogP contribution in [0, 0.1) is 0 Å². The molecule has 76 valence electrons. The molecule has 0 radical (unpaired) electrons. The highest BCUT2D eigenvalue weighted by molar-refractivity contribution is 6.58. The van der Waals surface area contributed by atoms with E-state index < -0.39 is 7.12 Å². The van der Waals surface area contributed by atoms with E-state index in [0.717, 1.165) is 0 Å². The average Bonchev–Trinajstić information content (AvgIpc) is 2.71. The maximum absolute atomic E-state index is 8.98. The minimum Gasteiger partial charge on any atom is -0.464 e. The summed E-state index contributed by atoms with van der Waals surface area (Å²) in [6.45, 7) is 0. The molecule has 0 unspecified atom stereocenters. The van der Waals surface area contributed by atoms with Gasteiger partial charge in [-0.25, -0.2) is 4.98 Å². The number of halogens is 1. The Kier molecular flexibility index (Phi) is 2.77. The number of nitrogens with zero attached hydrogens (tertiary/aromatic N) is 1. The third-order valence-corrected chi connectivity index (χ3v) is 2.25. The molecular weight excluding hydrogens is 216 g/mol. The van der Waals surface area contributed by atoms with Crippen molar-refractivity contribution in [2.24, 2.45) is 0 Å². The van der Waals surface area contributed by atoms with Crippen LogP contribution in [0.4, 0.5) is 0 Å². The maximum Gasteiger partial charge on any atom is 0.490 e. The number of rotatable bonds is 2. The van der Waals surface area contributed by atoms with E-state index in [4.69, 9.17) is 26.1 Å². The maximum atomic E-state index is 8.98. The summed E-state index contributed by atoms with van der Waals surface area (Å²) in [5.41, 5.74) is 0.804. The van der Waals surface area contributed by atoms with Gasteiger partial charge in [0.2, 0.25) is 0 Å². The van der Waals surface area contributed by atoms with Gasteiger partial charge in [0.25, 0.3) is 0 Å². The molecule has 0 saturated carbocycles. The van der Waals surface area contributed by atoms with Gasteiger partial charge in [-0.1, -0.05) is 11.6 Å². The SMILES string of the molecule is OB(O)c1cnc(Cl)c(-c2ccco2)c1. The number of hydrogen-bond donors (Lipinski definition) is 2. The zero-order valence-corrected chi connectivity index (χ0v) is 8.35. The van der Waals surface area contributed by atoms with Gasteiger partial charge in [-0.05, 0) is 18.2 Å². The predicted molar refractivity (Wildman–Crippen MR) is 56.8 cm³/mol. The van der Waals surface area contributed by atoms with Gasteiger partial charge in [-0.15, -0.1) is 0 Å². The standard InChI is InChI=1S/C9H7BClNO3/c11-9-7(8-2-1-3-15-8)4-6(5-12-9)10(13)14/h1-5,13-14H. The zero-order valence-electron chi connectivity index (χ0n) is 7.59. The Hall–Kier alpha value is -1.30. The summed E-state index contributed by atoms with van der Waals surface area (Å²) in [5, 5.41) is 18.2.